The third-order valence-corrected chi connectivity index (χ3v) is 8.41. The van der Waals surface area contributed by atoms with E-state index < -0.39 is 15.3 Å². The van der Waals surface area contributed by atoms with Crippen molar-refractivity contribution >= 4 is 27.8 Å². The van der Waals surface area contributed by atoms with Crippen molar-refractivity contribution in [3.05, 3.63) is 30.0 Å². The molecule has 2 fully saturated rings. The number of carbonyl (C=O) groups is 2. The molecule has 0 radical (unpaired) electrons. The average Bonchev–Trinajstić information content (AvgIpc) is 3.33. The van der Waals surface area contributed by atoms with Crippen LogP contribution in [0.25, 0.3) is 0 Å². The van der Waals surface area contributed by atoms with Crippen molar-refractivity contribution in [2.45, 2.75) is 50.4 Å². The fourth-order valence-electron chi connectivity index (χ4n) is 4.40. The average molecular weight is 437 g/mol. The number of hydrogen-bond acceptors (Lipinski definition) is 5. The molecule has 3 aliphatic heterocycles. The van der Waals surface area contributed by atoms with Crippen LogP contribution in [0.1, 0.15) is 43.4 Å². The predicted molar refractivity (Wildman–Crippen MR) is 111 cm³/mol. The zero-order valence-electron chi connectivity index (χ0n) is 17.0. The molecule has 1 N–H and O–H groups in total. The number of carbonyl (C=O) groups excluding carboxylic acids is 2. The normalized spacial score (nSPS) is 20.8. The van der Waals surface area contributed by atoms with Crippen LogP contribution in [0.5, 0.6) is 0 Å². The summed E-state index contributed by atoms with van der Waals surface area (Å²) in [6, 6.07) is 1.70. The van der Waals surface area contributed by atoms with Crippen molar-refractivity contribution in [3.8, 4) is 0 Å². The lowest BCUT2D eigenvalue weighted by atomic mass is 10.1. The SMILES string of the molecule is C=CC(=O)Nc1cc2c(o1)CN(S(=O)(=O)C1CCN(C(=O)N3CCCCC3)CC1)C2. The van der Waals surface area contributed by atoms with Gasteiger partial charge in [0.1, 0.15) is 5.76 Å². The Labute approximate surface area is 176 Å². The molecule has 4 rings (SSSR count). The molecule has 0 bridgehead atoms. The van der Waals surface area contributed by atoms with Crippen LogP contribution < -0.4 is 5.32 Å². The highest BCUT2D eigenvalue weighted by atomic mass is 32.2. The van der Waals surface area contributed by atoms with E-state index in [1.807, 2.05) is 4.90 Å². The summed E-state index contributed by atoms with van der Waals surface area (Å²) >= 11 is 0. The molecular formula is C20H28N4O5S. The zero-order chi connectivity index (χ0) is 21.3. The summed E-state index contributed by atoms with van der Waals surface area (Å²) in [5.74, 6) is 0.472. The van der Waals surface area contributed by atoms with Gasteiger partial charge in [0.2, 0.25) is 15.9 Å². The van der Waals surface area contributed by atoms with E-state index in [9.17, 15) is 18.0 Å². The van der Waals surface area contributed by atoms with Crippen molar-refractivity contribution in [2.75, 3.05) is 31.5 Å². The lowest BCUT2D eigenvalue weighted by Gasteiger charge is -2.37. The standard InChI is InChI=1S/C20H28N4O5S/c1-2-18(25)21-19-12-15-13-24(14-17(15)29-19)30(27,28)16-6-10-23(11-7-16)20(26)22-8-4-3-5-9-22/h2,12,16H,1,3-11,13-14H2,(H,21,25). The molecule has 2 saturated heterocycles. The summed E-state index contributed by atoms with van der Waals surface area (Å²) in [5.41, 5.74) is 0.760. The van der Waals surface area contributed by atoms with Crippen LogP contribution in [0.2, 0.25) is 0 Å². The monoisotopic (exact) mass is 436 g/mol. The lowest BCUT2D eigenvalue weighted by molar-refractivity contribution is -0.112. The van der Waals surface area contributed by atoms with Gasteiger partial charge in [-0.25, -0.2) is 13.2 Å². The van der Waals surface area contributed by atoms with E-state index in [0.717, 1.165) is 37.6 Å². The van der Waals surface area contributed by atoms with Crippen molar-refractivity contribution in [2.24, 2.45) is 0 Å². The third kappa shape index (κ3) is 4.11. The Morgan fingerprint density at radius 2 is 1.73 bits per heavy atom. The van der Waals surface area contributed by atoms with Gasteiger partial charge in [-0.2, -0.15) is 4.31 Å². The fraction of sp³-hybridized carbons (Fsp3) is 0.600. The Kier molecular flexibility index (Phi) is 5.88. The smallest absolute Gasteiger partial charge is 0.319 e. The predicted octanol–water partition coefficient (Wildman–Crippen LogP) is 2.12. The van der Waals surface area contributed by atoms with Crippen LogP contribution in [-0.2, 0) is 27.9 Å². The van der Waals surface area contributed by atoms with Crippen molar-refractivity contribution in [1.82, 2.24) is 14.1 Å². The Balaban J connectivity index is 1.33. The first kappa shape index (κ1) is 20.9. The summed E-state index contributed by atoms with van der Waals surface area (Å²) in [7, 11) is -3.50. The maximum Gasteiger partial charge on any atom is 0.319 e. The maximum atomic E-state index is 13.1. The topological polar surface area (TPSA) is 103 Å². The second-order valence-corrected chi connectivity index (χ2v) is 10.3. The van der Waals surface area contributed by atoms with Crippen molar-refractivity contribution in [3.63, 3.8) is 0 Å². The Morgan fingerprint density at radius 1 is 1.07 bits per heavy atom. The van der Waals surface area contributed by atoms with Crippen LogP contribution in [0.15, 0.2) is 23.1 Å². The van der Waals surface area contributed by atoms with Gasteiger partial charge < -0.3 is 14.2 Å². The van der Waals surface area contributed by atoms with Gasteiger partial charge in [-0.1, -0.05) is 6.58 Å². The van der Waals surface area contributed by atoms with Gasteiger partial charge in [-0.3, -0.25) is 10.1 Å². The molecule has 0 aromatic carbocycles. The summed E-state index contributed by atoms with van der Waals surface area (Å²) < 4.78 is 33.3. The Bertz CT molecular complexity index is 903. The lowest BCUT2D eigenvalue weighted by Crippen LogP contribution is -2.51. The van der Waals surface area contributed by atoms with Gasteiger partial charge in [-0.15, -0.1) is 0 Å². The first-order valence-corrected chi connectivity index (χ1v) is 12.0. The number of nitrogens with zero attached hydrogens (tertiary/aromatic N) is 3. The quantitative estimate of drug-likeness (QED) is 0.729. The molecule has 0 saturated carbocycles. The number of furan rings is 1. The van der Waals surface area contributed by atoms with Gasteiger partial charge in [0.05, 0.1) is 11.8 Å². The largest absolute Gasteiger partial charge is 0.444 e. The molecule has 30 heavy (non-hydrogen) atoms. The second kappa shape index (κ2) is 8.43. The van der Waals surface area contributed by atoms with E-state index in [1.54, 1.807) is 11.0 Å². The van der Waals surface area contributed by atoms with Gasteiger partial charge in [0, 0.05) is 44.4 Å². The Morgan fingerprint density at radius 3 is 2.37 bits per heavy atom. The number of hydrogen-bond donors (Lipinski definition) is 1. The molecule has 1 aromatic heterocycles. The van der Waals surface area contributed by atoms with Gasteiger partial charge in [0.15, 0.2) is 5.88 Å². The molecule has 0 aliphatic carbocycles. The molecule has 1 aromatic rings. The highest BCUT2D eigenvalue weighted by Crippen LogP contribution is 2.33. The minimum absolute atomic E-state index is 0.0417. The molecule has 0 unspecified atom stereocenters. The van der Waals surface area contributed by atoms with E-state index in [1.165, 1.54) is 10.7 Å². The van der Waals surface area contributed by atoms with E-state index in [2.05, 4.69) is 11.9 Å². The molecule has 3 aliphatic rings. The second-order valence-electron chi connectivity index (χ2n) is 8.08. The maximum absolute atomic E-state index is 13.1. The number of rotatable bonds is 4. The van der Waals surface area contributed by atoms with Crippen molar-refractivity contribution in [1.29, 1.82) is 0 Å². The molecule has 3 amide bonds. The number of nitrogens with one attached hydrogen (secondary N) is 1. The van der Waals surface area contributed by atoms with Crippen LogP contribution in [0.4, 0.5) is 10.7 Å². The number of anilines is 1. The first-order chi connectivity index (χ1) is 14.4. The summed E-state index contributed by atoms with van der Waals surface area (Å²) in [6.45, 7) is 6.31. The van der Waals surface area contributed by atoms with Crippen LogP contribution in [0, 0.1) is 0 Å². The molecule has 9 nitrogen and oxygen atoms in total. The van der Waals surface area contributed by atoms with E-state index in [4.69, 9.17) is 4.42 Å². The summed E-state index contributed by atoms with van der Waals surface area (Å²) in [5, 5.41) is 2.05. The molecule has 4 heterocycles. The number of likely N-dealkylation sites (tertiary alicyclic amines) is 2. The minimum atomic E-state index is -3.50. The number of piperidine rings is 2. The number of urea groups is 1. The summed E-state index contributed by atoms with van der Waals surface area (Å²) in [6.07, 6.45) is 5.28. The molecule has 0 spiro atoms. The van der Waals surface area contributed by atoms with E-state index in [-0.39, 0.29) is 25.0 Å². The first-order valence-electron chi connectivity index (χ1n) is 10.5. The molecule has 10 heteroatoms. The number of amides is 3. The van der Waals surface area contributed by atoms with Gasteiger partial charge >= 0.3 is 6.03 Å². The third-order valence-electron chi connectivity index (χ3n) is 6.12. The Hall–Kier alpha value is -2.33. The van der Waals surface area contributed by atoms with Gasteiger partial charge in [0.25, 0.3) is 0 Å². The zero-order valence-corrected chi connectivity index (χ0v) is 17.8. The number of sulfonamides is 1. The van der Waals surface area contributed by atoms with Crippen LogP contribution in [0.3, 0.4) is 0 Å². The molecule has 164 valence electrons. The summed E-state index contributed by atoms with van der Waals surface area (Å²) in [4.78, 5) is 27.7. The minimum Gasteiger partial charge on any atom is -0.444 e. The number of fused-ring (bicyclic) bond motifs is 1. The highest BCUT2D eigenvalue weighted by Gasteiger charge is 2.40. The fourth-order valence-corrected chi connectivity index (χ4v) is 6.24. The van der Waals surface area contributed by atoms with Gasteiger partial charge in [-0.05, 0) is 38.2 Å². The molecule has 0 atom stereocenters. The van der Waals surface area contributed by atoms with Crippen LogP contribution >= 0.6 is 0 Å². The van der Waals surface area contributed by atoms with E-state index >= 15 is 0 Å². The van der Waals surface area contributed by atoms with Crippen LogP contribution in [-0.4, -0.2) is 65.9 Å². The molecular weight excluding hydrogens is 408 g/mol. The van der Waals surface area contributed by atoms with Crippen molar-refractivity contribution < 1.29 is 22.4 Å². The highest BCUT2D eigenvalue weighted by molar-refractivity contribution is 7.89. The van der Waals surface area contributed by atoms with E-state index in [0.29, 0.717) is 37.6 Å².